The first-order chi connectivity index (χ1) is 10.3. The van der Waals surface area contributed by atoms with Crippen LogP contribution in [-0.4, -0.2) is 5.11 Å². The zero-order chi connectivity index (χ0) is 15.1. The van der Waals surface area contributed by atoms with E-state index in [0.717, 1.165) is 24.0 Å². The van der Waals surface area contributed by atoms with Crippen LogP contribution in [0.4, 0.5) is 0 Å². The molecule has 2 rings (SSSR count). The van der Waals surface area contributed by atoms with Gasteiger partial charge in [0.1, 0.15) is 5.75 Å². The van der Waals surface area contributed by atoms with Crippen LogP contribution < -0.4 is 0 Å². The number of aryl methyl sites for hydroxylation is 1. The Hall–Kier alpha value is -1.76. The lowest BCUT2D eigenvalue weighted by atomic mass is 9.89. The molecule has 0 unspecified atom stereocenters. The molecule has 1 heteroatoms. The fourth-order valence-corrected chi connectivity index (χ4v) is 2.85. The zero-order valence-corrected chi connectivity index (χ0v) is 13.2. The summed E-state index contributed by atoms with van der Waals surface area (Å²) in [5.41, 5.74) is 4.91. The Labute approximate surface area is 128 Å². The molecule has 0 saturated heterocycles. The van der Waals surface area contributed by atoms with Gasteiger partial charge in [0.05, 0.1) is 0 Å². The van der Waals surface area contributed by atoms with Crippen LogP contribution in [-0.2, 0) is 12.8 Å². The molecule has 0 heterocycles. The van der Waals surface area contributed by atoms with Crippen molar-refractivity contribution in [3.8, 4) is 16.9 Å². The molecule has 0 aliphatic rings. The Morgan fingerprint density at radius 3 is 2.14 bits per heavy atom. The van der Waals surface area contributed by atoms with Gasteiger partial charge >= 0.3 is 0 Å². The van der Waals surface area contributed by atoms with Gasteiger partial charge in [-0.3, -0.25) is 0 Å². The highest BCUT2D eigenvalue weighted by molar-refractivity contribution is 5.75. The number of phenols is 1. The summed E-state index contributed by atoms with van der Waals surface area (Å²) in [5, 5.41) is 10.4. The number of unbranched alkanes of at least 4 members (excludes halogenated alkanes) is 2. The van der Waals surface area contributed by atoms with Crippen LogP contribution in [0.5, 0.6) is 5.75 Å². The van der Waals surface area contributed by atoms with E-state index in [9.17, 15) is 5.11 Å². The molecule has 112 valence electrons. The van der Waals surface area contributed by atoms with Gasteiger partial charge in [0.15, 0.2) is 0 Å². The van der Waals surface area contributed by atoms with E-state index in [1.54, 1.807) is 0 Å². The molecular formula is C20H26O. The zero-order valence-electron chi connectivity index (χ0n) is 13.2. The van der Waals surface area contributed by atoms with Gasteiger partial charge in [-0.15, -0.1) is 0 Å². The smallest absolute Gasteiger partial charge is 0.123 e. The molecule has 0 amide bonds. The molecule has 0 aliphatic carbocycles. The van der Waals surface area contributed by atoms with Crippen molar-refractivity contribution in [2.75, 3.05) is 0 Å². The monoisotopic (exact) mass is 282 g/mol. The Kier molecular flexibility index (Phi) is 5.86. The Morgan fingerprint density at radius 1 is 0.810 bits per heavy atom. The molecule has 21 heavy (non-hydrogen) atoms. The Balaban J connectivity index is 2.49. The fraction of sp³-hybridized carbons (Fsp3) is 0.400. The first-order valence-electron chi connectivity index (χ1n) is 8.17. The quantitative estimate of drug-likeness (QED) is 0.686. The summed E-state index contributed by atoms with van der Waals surface area (Å²) < 4.78 is 0. The fourth-order valence-electron chi connectivity index (χ4n) is 2.85. The predicted molar refractivity (Wildman–Crippen MR) is 90.8 cm³/mol. The molecule has 0 fully saturated rings. The van der Waals surface area contributed by atoms with E-state index in [0.29, 0.717) is 5.75 Å². The molecule has 0 saturated carbocycles. The van der Waals surface area contributed by atoms with Gasteiger partial charge < -0.3 is 5.11 Å². The van der Waals surface area contributed by atoms with E-state index < -0.39 is 0 Å². The van der Waals surface area contributed by atoms with Crippen LogP contribution in [0.25, 0.3) is 11.1 Å². The SMILES string of the molecule is CCCCc1ccc(O)c(-c2ccccc2)c1CCCC. The van der Waals surface area contributed by atoms with Crippen LogP contribution >= 0.6 is 0 Å². The molecule has 0 atom stereocenters. The molecule has 2 aromatic carbocycles. The molecule has 1 nitrogen and oxygen atoms in total. The summed E-state index contributed by atoms with van der Waals surface area (Å²) in [5.74, 6) is 0.410. The van der Waals surface area contributed by atoms with E-state index in [-0.39, 0.29) is 0 Å². The largest absolute Gasteiger partial charge is 0.507 e. The first-order valence-corrected chi connectivity index (χ1v) is 8.17. The molecular weight excluding hydrogens is 256 g/mol. The number of benzene rings is 2. The van der Waals surface area contributed by atoms with Crippen molar-refractivity contribution in [1.29, 1.82) is 0 Å². The van der Waals surface area contributed by atoms with Crippen molar-refractivity contribution in [3.05, 3.63) is 53.6 Å². The van der Waals surface area contributed by atoms with E-state index >= 15 is 0 Å². The maximum absolute atomic E-state index is 10.4. The lowest BCUT2D eigenvalue weighted by Crippen LogP contribution is -1.99. The van der Waals surface area contributed by atoms with Crippen LogP contribution in [0.15, 0.2) is 42.5 Å². The van der Waals surface area contributed by atoms with Gasteiger partial charge in [0.2, 0.25) is 0 Å². The van der Waals surface area contributed by atoms with Crippen molar-refractivity contribution in [1.82, 2.24) is 0 Å². The minimum absolute atomic E-state index is 0.410. The summed E-state index contributed by atoms with van der Waals surface area (Å²) in [7, 11) is 0. The molecule has 0 bridgehead atoms. The Morgan fingerprint density at radius 2 is 1.48 bits per heavy atom. The summed E-state index contributed by atoms with van der Waals surface area (Å²) in [6.07, 6.45) is 6.91. The van der Waals surface area contributed by atoms with Crippen molar-refractivity contribution in [2.45, 2.75) is 52.4 Å². The summed E-state index contributed by atoms with van der Waals surface area (Å²) in [4.78, 5) is 0. The van der Waals surface area contributed by atoms with Gasteiger partial charge in [0.25, 0.3) is 0 Å². The second-order valence-electron chi connectivity index (χ2n) is 5.67. The third-order valence-corrected chi connectivity index (χ3v) is 4.03. The van der Waals surface area contributed by atoms with Crippen molar-refractivity contribution in [3.63, 3.8) is 0 Å². The lowest BCUT2D eigenvalue weighted by Gasteiger charge is -2.17. The highest BCUT2D eigenvalue weighted by atomic mass is 16.3. The van der Waals surface area contributed by atoms with Crippen molar-refractivity contribution < 1.29 is 5.11 Å². The van der Waals surface area contributed by atoms with Gasteiger partial charge in [-0.05, 0) is 48.4 Å². The maximum Gasteiger partial charge on any atom is 0.123 e. The summed E-state index contributed by atoms with van der Waals surface area (Å²) in [6.45, 7) is 4.45. The topological polar surface area (TPSA) is 20.2 Å². The standard InChI is InChI=1S/C20H26O/c1-3-5-10-16-14-15-19(21)20(18(16)13-6-4-2)17-11-8-7-9-12-17/h7-9,11-12,14-15,21H,3-6,10,13H2,1-2H3. The predicted octanol–water partition coefficient (Wildman–Crippen LogP) is 5.74. The highest BCUT2D eigenvalue weighted by Gasteiger charge is 2.14. The third-order valence-electron chi connectivity index (χ3n) is 4.03. The van der Waals surface area contributed by atoms with E-state index in [2.05, 4.69) is 32.0 Å². The van der Waals surface area contributed by atoms with Crippen LogP contribution in [0.1, 0.15) is 50.7 Å². The molecule has 0 spiro atoms. The van der Waals surface area contributed by atoms with Crippen molar-refractivity contribution >= 4 is 0 Å². The number of hydrogen-bond donors (Lipinski definition) is 1. The Bertz CT molecular complexity index is 558. The molecule has 2 aromatic rings. The minimum atomic E-state index is 0.410. The van der Waals surface area contributed by atoms with Gasteiger partial charge in [-0.1, -0.05) is 63.1 Å². The average Bonchev–Trinajstić information content (AvgIpc) is 2.52. The van der Waals surface area contributed by atoms with Gasteiger partial charge in [0, 0.05) is 5.56 Å². The summed E-state index contributed by atoms with van der Waals surface area (Å²) in [6, 6.07) is 14.3. The first kappa shape index (κ1) is 15.6. The lowest BCUT2D eigenvalue weighted by molar-refractivity contribution is 0.476. The van der Waals surface area contributed by atoms with Crippen molar-refractivity contribution in [2.24, 2.45) is 0 Å². The van der Waals surface area contributed by atoms with Crippen LogP contribution in [0.3, 0.4) is 0 Å². The van der Waals surface area contributed by atoms with Crippen LogP contribution in [0, 0.1) is 0 Å². The van der Waals surface area contributed by atoms with Gasteiger partial charge in [-0.25, -0.2) is 0 Å². The molecule has 1 N–H and O–H groups in total. The number of hydrogen-bond acceptors (Lipinski definition) is 1. The molecule has 0 aliphatic heterocycles. The number of rotatable bonds is 7. The summed E-state index contributed by atoms with van der Waals surface area (Å²) >= 11 is 0. The normalized spacial score (nSPS) is 10.8. The third kappa shape index (κ3) is 3.87. The average molecular weight is 282 g/mol. The second-order valence-corrected chi connectivity index (χ2v) is 5.67. The molecule has 0 aromatic heterocycles. The molecule has 0 radical (unpaired) electrons. The van der Waals surface area contributed by atoms with Gasteiger partial charge in [-0.2, -0.15) is 0 Å². The number of aromatic hydroxyl groups is 1. The maximum atomic E-state index is 10.4. The van der Waals surface area contributed by atoms with Crippen LogP contribution in [0.2, 0.25) is 0 Å². The van der Waals surface area contributed by atoms with E-state index in [4.69, 9.17) is 0 Å². The van der Waals surface area contributed by atoms with E-state index in [1.165, 1.54) is 36.8 Å². The minimum Gasteiger partial charge on any atom is -0.507 e. The highest BCUT2D eigenvalue weighted by Crippen LogP contribution is 2.36. The van der Waals surface area contributed by atoms with E-state index in [1.807, 2.05) is 24.3 Å². The second kappa shape index (κ2) is 7.87. The number of phenolic OH excluding ortho intramolecular Hbond substituents is 1.